The van der Waals surface area contributed by atoms with Crippen LogP contribution in [-0.2, 0) is 0 Å². The first kappa shape index (κ1) is 34.8. The van der Waals surface area contributed by atoms with Crippen molar-refractivity contribution in [1.82, 2.24) is 15.2 Å². The van der Waals surface area contributed by atoms with Gasteiger partial charge in [-0.05, 0) is 76.2 Å². The molecule has 1 amide bonds. The van der Waals surface area contributed by atoms with E-state index in [9.17, 15) is 4.79 Å². The third-order valence-corrected chi connectivity index (χ3v) is 7.08. The van der Waals surface area contributed by atoms with Gasteiger partial charge in [-0.1, -0.05) is 49.1 Å². The summed E-state index contributed by atoms with van der Waals surface area (Å²) in [5.41, 5.74) is 3.40. The molecule has 0 spiro atoms. The summed E-state index contributed by atoms with van der Waals surface area (Å²) >= 11 is 6.44. The number of nitrogens with one attached hydrogen (secondary N) is 1. The molecule has 8 nitrogen and oxygen atoms in total. The van der Waals surface area contributed by atoms with E-state index in [0.29, 0.717) is 45.5 Å². The SMILES string of the molecule is Cc1cccc(F)c1-c1ccc(C(=O)NC2CCCCC2)nc1-c1ccc(Cl)c(OCCCN(C)C)c1.Cl.O=C(O)O. The van der Waals surface area contributed by atoms with Crippen LogP contribution in [0.25, 0.3) is 22.4 Å². The largest absolute Gasteiger partial charge is 0.503 e. The highest BCUT2D eigenvalue weighted by Crippen LogP contribution is 2.37. The first-order valence-corrected chi connectivity index (χ1v) is 14.0. The third kappa shape index (κ3) is 10.2. The van der Waals surface area contributed by atoms with E-state index in [1.165, 1.54) is 12.5 Å². The number of aryl methyl sites for hydroxylation is 1. The average Bonchev–Trinajstić information content (AvgIpc) is 2.92. The monoisotopic (exact) mass is 621 g/mol. The lowest BCUT2D eigenvalue weighted by atomic mass is 9.94. The highest BCUT2D eigenvalue weighted by atomic mass is 35.5. The predicted octanol–water partition coefficient (Wildman–Crippen LogP) is 7.55. The van der Waals surface area contributed by atoms with Gasteiger partial charge < -0.3 is 25.2 Å². The molecule has 1 aliphatic carbocycles. The number of ether oxygens (including phenoxy) is 1. The maximum atomic E-state index is 15.1. The Morgan fingerprint density at radius 3 is 2.43 bits per heavy atom. The van der Waals surface area contributed by atoms with Crippen molar-refractivity contribution in [1.29, 1.82) is 0 Å². The number of nitrogens with zero attached hydrogens (tertiary/aromatic N) is 2. The Labute approximate surface area is 257 Å². The van der Waals surface area contributed by atoms with Crippen LogP contribution in [0.2, 0.25) is 5.02 Å². The molecule has 1 heterocycles. The van der Waals surface area contributed by atoms with Crippen LogP contribution < -0.4 is 10.1 Å². The maximum absolute atomic E-state index is 15.1. The summed E-state index contributed by atoms with van der Waals surface area (Å²) in [7, 11) is 4.03. The van der Waals surface area contributed by atoms with Crippen LogP contribution in [0.5, 0.6) is 5.75 Å². The summed E-state index contributed by atoms with van der Waals surface area (Å²) in [6.07, 6.45) is 4.44. The number of amides is 1. The molecule has 11 heteroatoms. The lowest BCUT2D eigenvalue weighted by Gasteiger charge is -2.23. The van der Waals surface area contributed by atoms with Crippen molar-refractivity contribution in [3.05, 3.63) is 70.6 Å². The number of rotatable bonds is 9. The zero-order chi connectivity index (χ0) is 29.9. The summed E-state index contributed by atoms with van der Waals surface area (Å²) in [6, 6.07) is 14.0. The van der Waals surface area contributed by atoms with Gasteiger partial charge in [0.1, 0.15) is 17.3 Å². The summed E-state index contributed by atoms with van der Waals surface area (Å²) in [5, 5.41) is 17.6. The molecular weight excluding hydrogens is 584 g/mol. The summed E-state index contributed by atoms with van der Waals surface area (Å²) in [5.74, 6) is -0.0105. The fourth-order valence-corrected chi connectivity index (χ4v) is 4.98. The van der Waals surface area contributed by atoms with Crippen molar-refractivity contribution in [2.45, 2.75) is 51.5 Å². The van der Waals surface area contributed by atoms with Crippen molar-refractivity contribution >= 4 is 36.1 Å². The maximum Gasteiger partial charge on any atom is 0.503 e. The van der Waals surface area contributed by atoms with E-state index in [1.807, 2.05) is 39.2 Å². The number of pyridine rings is 1. The Morgan fingerprint density at radius 1 is 1.10 bits per heavy atom. The lowest BCUT2D eigenvalue weighted by molar-refractivity contribution is 0.0922. The number of hydrogen-bond acceptors (Lipinski definition) is 5. The van der Waals surface area contributed by atoms with E-state index in [4.69, 9.17) is 36.3 Å². The second kappa shape index (κ2) is 16.9. The predicted molar refractivity (Wildman–Crippen MR) is 166 cm³/mol. The van der Waals surface area contributed by atoms with Gasteiger partial charge in [0.2, 0.25) is 0 Å². The molecule has 228 valence electrons. The van der Waals surface area contributed by atoms with Crippen LogP contribution in [-0.4, -0.2) is 65.4 Å². The van der Waals surface area contributed by atoms with E-state index >= 15 is 4.39 Å². The molecule has 1 aromatic heterocycles. The van der Waals surface area contributed by atoms with Crippen molar-refractivity contribution in [3.63, 3.8) is 0 Å². The second-order valence-electron chi connectivity index (χ2n) is 10.3. The van der Waals surface area contributed by atoms with E-state index < -0.39 is 6.16 Å². The van der Waals surface area contributed by atoms with Crippen LogP contribution in [0.15, 0.2) is 48.5 Å². The number of carboxylic acid groups (broad SMARTS) is 2. The molecule has 2 aromatic carbocycles. The highest BCUT2D eigenvalue weighted by molar-refractivity contribution is 6.32. The first-order valence-electron chi connectivity index (χ1n) is 13.6. The number of benzene rings is 2. The highest BCUT2D eigenvalue weighted by Gasteiger charge is 2.21. The summed E-state index contributed by atoms with van der Waals surface area (Å²) < 4.78 is 21.0. The minimum Gasteiger partial charge on any atom is -0.492 e. The quantitative estimate of drug-likeness (QED) is 0.211. The summed E-state index contributed by atoms with van der Waals surface area (Å²) in [6.45, 7) is 3.28. The number of hydrogen-bond donors (Lipinski definition) is 3. The van der Waals surface area contributed by atoms with Gasteiger partial charge in [0.25, 0.3) is 5.91 Å². The Balaban J connectivity index is 0.00000116. The summed E-state index contributed by atoms with van der Waals surface area (Å²) in [4.78, 5) is 28.6. The van der Waals surface area contributed by atoms with Gasteiger partial charge in [0.15, 0.2) is 0 Å². The van der Waals surface area contributed by atoms with Crippen LogP contribution in [0.3, 0.4) is 0 Å². The number of halogens is 3. The normalized spacial score (nSPS) is 13.0. The fraction of sp³-hybridized carbons (Fsp3) is 0.387. The molecule has 0 aliphatic heterocycles. The van der Waals surface area contributed by atoms with Crippen molar-refractivity contribution < 1.29 is 28.9 Å². The van der Waals surface area contributed by atoms with Gasteiger partial charge in [-0.15, -0.1) is 12.4 Å². The second-order valence-corrected chi connectivity index (χ2v) is 10.7. The molecule has 1 saturated carbocycles. The van der Waals surface area contributed by atoms with E-state index in [0.717, 1.165) is 44.2 Å². The average molecular weight is 623 g/mol. The molecule has 0 unspecified atom stereocenters. The molecule has 0 atom stereocenters. The van der Waals surface area contributed by atoms with Crippen LogP contribution in [0, 0.1) is 12.7 Å². The first-order chi connectivity index (χ1) is 19.6. The smallest absolute Gasteiger partial charge is 0.492 e. The van der Waals surface area contributed by atoms with Gasteiger partial charge >= 0.3 is 6.16 Å². The molecule has 1 fully saturated rings. The standard InChI is InChI=1S/C30H35ClFN3O2.CH2O3.ClH/c1-20-9-7-12-25(32)28(20)23-14-16-26(30(36)33-22-10-5-4-6-11-22)34-29(23)21-13-15-24(31)27(19-21)37-18-8-17-35(2)3;2-1(3)4;/h7,9,12-16,19,22H,4-6,8,10-11,17-18H2,1-3H3,(H,33,36);(H2,2,3,4);1H. The Hall–Kier alpha value is -3.40. The fourth-order valence-electron chi connectivity index (χ4n) is 4.81. The lowest BCUT2D eigenvalue weighted by Crippen LogP contribution is -2.36. The zero-order valence-corrected chi connectivity index (χ0v) is 25.6. The Bertz CT molecular complexity index is 1330. The zero-order valence-electron chi connectivity index (χ0n) is 24.0. The number of carbonyl (C=O) groups is 2. The van der Waals surface area contributed by atoms with Crippen LogP contribution in [0.4, 0.5) is 9.18 Å². The number of carbonyl (C=O) groups excluding carboxylic acids is 1. The van der Waals surface area contributed by atoms with Crippen molar-refractivity contribution in [3.8, 4) is 28.1 Å². The molecule has 3 aromatic rings. The Morgan fingerprint density at radius 2 is 1.79 bits per heavy atom. The van der Waals surface area contributed by atoms with E-state index in [1.54, 1.807) is 24.3 Å². The number of aromatic nitrogens is 1. The van der Waals surface area contributed by atoms with E-state index in [-0.39, 0.29) is 30.2 Å². The minimum atomic E-state index is -1.83. The minimum absolute atomic E-state index is 0. The third-order valence-electron chi connectivity index (χ3n) is 6.77. The topological polar surface area (TPSA) is 112 Å². The van der Waals surface area contributed by atoms with Gasteiger partial charge in [0, 0.05) is 29.3 Å². The van der Waals surface area contributed by atoms with Crippen LogP contribution in [0.1, 0.15) is 54.6 Å². The molecule has 0 saturated heterocycles. The Kier molecular flexibility index (Phi) is 14.0. The van der Waals surface area contributed by atoms with Crippen molar-refractivity contribution in [2.75, 3.05) is 27.2 Å². The molecule has 4 rings (SSSR count). The molecular formula is C31H38Cl2FN3O5. The molecule has 1 aliphatic rings. The molecule has 3 N–H and O–H groups in total. The van der Waals surface area contributed by atoms with Gasteiger partial charge in [-0.3, -0.25) is 4.79 Å². The molecule has 0 bridgehead atoms. The van der Waals surface area contributed by atoms with Gasteiger partial charge in [-0.25, -0.2) is 14.2 Å². The van der Waals surface area contributed by atoms with Gasteiger partial charge in [-0.2, -0.15) is 0 Å². The van der Waals surface area contributed by atoms with E-state index in [2.05, 4.69) is 10.2 Å². The van der Waals surface area contributed by atoms with Gasteiger partial charge in [0.05, 0.1) is 17.3 Å². The molecule has 42 heavy (non-hydrogen) atoms. The van der Waals surface area contributed by atoms with Crippen LogP contribution >= 0.6 is 24.0 Å². The van der Waals surface area contributed by atoms with Crippen molar-refractivity contribution in [2.24, 2.45) is 0 Å². The molecule has 0 radical (unpaired) electrons.